The van der Waals surface area contributed by atoms with E-state index in [1.807, 2.05) is 67.6 Å². The van der Waals surface area contributed by atoms with Crippen molar-refractivity contribution < 1.29 is 4.79 Å². The summed E-state index contributed by atoms with van der Waals surface area (Å²) in [5.41, 5.74) is 5.75. The predicted molar refractivity (Wildman–Crippen MR) is 86.2 cm³/mol. The van der Waals surface area contributed by atoms with E-state index in [9.17, 15) is 4.79 Å². The maximum Gasteiger partial charge on any atom is 0.240 e. The SMILES string of the molecule is CC/C(=N\NC(=O)CCc1ccccc1)c1ccccc1. The van der Waals surface area contributed by atoms with Crippen LogP contribution in [0.2, 0.25) is 0 Å². The number of hydrogen-bond acceptors (Lipinski definition) is 2. The van der Waals surface area contributed by atoms with E-state index in [2.05, 4.69) is 10.5 Å². The topological polar surface area (TPSA) is 41.5 Å². The average Bonchev–Trinajstić information content (AvgIpc) is 2.55. The minimum Gasteiger partial charge on any atom is -0.273 e. The van der Waals surface area contributed by atoms with E-state index in [0.717, 1.165) is 29.7 Å². The van der Waals surface area contributed by atoms with Crippen LogP contribution >= 0.6 is 0 Å². The second-order valence-corrected chi connectivity index (χ2v) is 4.80. The molecule has 0 aliphatic rings. The van der Waals surface area contributed by atoms with Crippen molar-refractivity contribution in [1.82, 2.24) is 5.43 Å². The Kier molecular flexibility index (Phi) is 5.71. The molecule has 0 spiro atoms. The molecular weight excluding hydrogens is 260 g/mol. The molecule has 1 amide bonds. The number of nitrogens with one attached hydrogen (secondary N) is 1. The first-order valence-electron chi connectivity index (χ1n) is 7.24. The van der Waals surface area contributed by atoms with Gasteiger partial charge in [0, 0.05) is 6.42 Å². The number of rotatable bonds is 6. The van der Waals surface area contributed by atoms with E-state index >= 15 is 0 Å². The molecule has 21 heavy (non-hydrogen) atoms. The molecule has 2 aromatic rings. The van der Waals surface area contributed by atoms with Gasteiger partial charge in [0.1, 0.15) is 0 Å². The summed E-state index contributed by atoms with van der Waals surface area (Å²) in [6, 6.07) is 19.9. The lowest BCUT2D eigenvalue weighted by atomic mass is 10.1. The maximum absolute atomic E-state index is 11.8. The summed E-state index contributed by atoms with van der Waals surface area (Å²) in [7, 11) is 0. The Bertz CT molecular complexity index is 591. The molecule has 108 valence electrons. The fourth-order valence-electron chi connectivity index (χ4n) is 2.07. The molecule has 0 unspecified atom stereocenters. The van der Waals surface area contributed by atoms with Crippen LogP contribution in [0.5, 0.6) is 0 Å². The quantitative estimate of drug-likeness (QED) is 0.638. The van der Waals surface area contributed by atoms with E-state index in [-0.39, 0.29) is 5.91 Å². The normalized spacial score (nSPS) is 11.2. The van der Waals surface area contributed by atoms with Crippen LogP contribution in [-0.2, 0) is 11.2 Å². The molecule has 0 heterocycles. The molecule has 2 rings (SSSR count). The first-order chi connectivity index (χ1) is 10.3. The highest BCUT2D eigenvalue weighted by Crippen LogP contribution is 2.04. The van der Waals surface area contributed by atoms with Crippen LogP contribution in [0.25, 0.3) is 0 Å². The van der Waals surface area contributed by atoms with Gasteiger partial charge in [-0.1, -0.05) is 67.6 Å². The van der Waals surface area contributed by atoms with Crippen molar-refractivity contribution in [2.45, 2.75) is 26.2 Å². The summed E-state index contributed by atoms with van der Waals surface area (Å²) in [6.07, 6.45) is 1.96. The van der Waals surface area contributed by atoms with Gasteiger partial charge >= 0.3 is 0 Å². The molecule has 0 aromatic heterocycles. The zero-order chi connectivity index (χ0) is 14.9. The van der Waals surface area contributed by atoms with Crippen LogP contribution in [0.3, 0.4) is 0 Å². The van der Waals surface area contributed by atoms with Crippen LogP contribution in [0, 0.1) is 0 Å². The van der Waals surface area contributed by atoms with Crippen molar-refractivity contribution in [2.75, 3.05) is 0 Å². The Labute approximate surface area is 125 Å². The molecule has 0 radical (unpaired) electrons. The third kappa shape index (κ3) is 4.88. The summed E-state index contributed by atoms with van der Waals surface area (Å²) in [4.78, 5) is 11.8. The fraction of sp³-hybridized carbons (Fsp3) is 0.222. The van der Waals surface area contributed by atoms with E-state index in [1.54, 1.807) is 0 Å². The van der Waals surface area contributed by atoms with Gasteiger partial charge < -0.3 is 0 Å². The lowest BCUT2D eigenvalue weighted by Crippen LogP contribution is -2.20. The Morgan fingerprint density at radius 1 is 1.00 bits per heavy atom. The summed E-state index contributed by atoms with van der Waals surface area (Å²) in [5, 5.41) is 4.24. The zero-order valence-electron chi connectivity index (χ0n) is 12.3. The molecule has 0 saturated carbocycles. The number of benzene rings is 2. The minimum absolute atomic E-state index is 0.0549. The molecular formula is C18H20N2O. The second kappa shape index (κ2) is 8.00. The van der Waals surface area contributed by atoms with E-state index in [4.69, 9.17) is 0 Å². The highest BCUT2D eigenvalue weighted by Gasteiger charge is 2.03. The minimum atomic E-state index is -0.0549. The Hall–Kier alpha value is -2.42. The molecule has 0 saturated heterocycles. The first-order valence-corrected chi connectivity index (χ1v) is 7.24. The van der Waals surface area contributed by atoms with Gasteiger partial charge in [-0.15, -0.1) is 0 Å². The van der Waals surface area contributed by atoms with Crippen molar-refractivity contribution in [3.05, 3.63) is 71.8 Å². The van der Waals surface area contributed by atoms with Gasteiger partial charge in [-0.3, -0.25) is 4.79 Å². The molecule has 1 N–H and O–H groups in total. The van der Waals surface area contributed by atoms with Crippen molar-refractivity contribution >= 4 is 11.6 Å². The smallest absolute Gasteiger partial charge is 0.240 e. The number of amides is 1. The Morgan fingerprint density at radius 2 is 1.62 bits per heavy atom. The molecule has 0 bridgehead atoms. The first kappa shape index (κ1) is 15.0. The standard InChI is InChI=1S/C18H20N2O/c1-2-17(16-11-7-4-8-12-16)19-20-18(21)14-13-15-9-5-3-6-10-15/h3-12H,2,13-14H2,1H3,(H,20,21)/b19-17+. The molecule has 0 atom stereocenters. The molecule has 0 aliphatic heterocycles. The highest BCUT2D eigenvalue weighted by molar-refractivity contribution is 6.00. The molecule has 3 heteroatoms. The van der Waals surface area contributed by atoms with E-state index in [0.29, 0.717) is 6.42 Å². The summed E-state index contributed by atoms with van der Waals surface area (Å²) in [5.74, 6) is -0.0549. The summed E-state index contributed by atoms with van der Waals surface area (Å²) >= 11 is 0. The third-order valence-corrected chi connectivity index (χ3v) is 3.24. The number of carbonyl (C=O) groups excluding carboxylic acids is 1. The van der Waals surface area contributed by atoms with Gasteiger partial charge in [0.15, 0.2) is 0 Å². The highest BCUT2D eigenvalue weighted by atomic mass is 16.2. The zero-order valence-corrected chi connectivity index (χ0v) is 12.3. The number of hydrogen-bond donors (Lipinski definition) is 1. The number of hydrazone groups is 1. The van der Waals surface area contributed by atoms with E-state index < -0.39 is 0 Å². The predicted octanol–water partition coefficient (Wildman–Crippen LogP) is 3.55. The second-order valence-electron chi connectivity index (χ2n) is 4.80. The number of carbonyl (C=O) groups is 1. The van der Waals surface area contributed by atoms with Gasteiger partial charge in [0.25, 0.3) is 0 Å². The van der Waals surface area contributed by atoms with Crippen molar-refractivity contribution in [1.29, 1.82) is 0 Å². The van der Waals surface area contributed by atoms with Gasteiger partial charge in [-0.25, -0.2) is 5.43 Å². The maximum atomic E-state index is 11.8. The Balaban J connectivity index is 1.88. The average molecular weight is 280 g/mol. The third-order valence-electron chi connectivity index (χ3n) is 3.24. The van der Waals surface area contributed by atoms with Crippen molar-refractivity contribution in [3.63, 3.8) is 0 Å². The van der Waals surface area contributed by atoms with Crippen molar-refractivity contribution in [2.24, 2.45) is 5.10 Å². The summed E-state index contributed by atoms with van der Waals surface area (Å²) in [6.45, 7) is 2.03. The van der Waals surface area contributed by atoms with Crippen LogP contribution in [0.1, 0.15) is 30.9 Å². The number of nitrogens with zero attached hydrogens (tertiary/aromatic N) is 1. The van der Waals surface area contributed by atoms with Gasteiger partial charge in [-0.2, -0.15) is 5.10 Å². The monoisotopic (exact) mass is 280 g/mol. The number of aryl methyl sites for hydroxylation is 1. The Morgan fingerprint density at radius 3 is 2.24 bits per heavy atom. The lowest BCUT2D eigenvalue weighted by molar-refractivity contribution is -0.121. The molecule has 3 nitrogen and oxygen atoms in total. The summed E-state index contributed by atoms with van der Waals surface area (Å²) < 4.78 is 0. The van der Waals surface area contributed by atoms with Crippen LogP contribution in [-0.4, -0.2) is 11.6 Å². The van der Waals surface area contributed by atoms with Gasteiger partial charge in [-0.05, 0) is 24.0 Å². The van der Waals surface area contributed by atoms with E-state index in [1.165, 1.54) is 0 Å². The molecule has 0 fully saturated rings. The van der Waals surface area contributed by atoms with Crippen LogP contribution < -0.4 is 5.43 Å². The van der Waals surface area contributed by atoms with Crippen LogP contribution in [0.15, 0.2) is 65.8 Å². The van der Waals surface area contributed by atoms with Crippen molar-refractivity contribution in [3.8, 4) is 0 Å². The fourth-order valence-corrected chi connectivity index (χ4v) is 2.07. The van der Waals surface area contributed by atoms with Crippen LogP contribution in [0.4, 0.5) is 0 Å². The molecule has 2 aromatic carbocycles. The largest absolute Gasteiger partial charge is 0.273 e. The lowest BCUT2D eigenvalue weighted by Gasteiger charge is -2.05. The van der Waals surface area contributed by atoms with Gasteiger partial charge in [0.2, 0.25) is 5.91 Å². The molecule has 0 aliphatic carbocycles. The van der Waals surface area contributed by atoms with Gasteiger partial charge in [0.05, 0.1) is 5.71 Å².